The van der Waals surface area contributed by atoms with Crippen molar-refractivity contribution >= 4 is 11.6 Å². The quantitative estimate of drug-likeness (QED) is 0.702. The highest BCUT2D eigenvalue weighted by Gasteiger charge is 2.00. The van der Waals surface area contributed by atoms with E-state index in [1.165, 1.54) is 0 Å². The highest BCUT2D eigenvalue weighted by molar-refractivity contribution is 6.32. The van der Waals surface area contributed by atoms with Crippen LogP contribution in [0, 0.1) is 6.92 Å². The van der Waals surface area contributed by atoms with Crippen LogP contribution in [-0.4, -0.2) is 19.8 Å². The Bertz CT molecular complexity index is 287. The first-order valence-corrected chi connectivity index (χ1v) is 5.08. The van der Waals surface area contributed by atoms with Crippen molar-refractivity contribution < 1.29 is 9.47 Å². The largest absolute Gasteiger partial charge is 0.490 e. The summed E-state index contributed by atoms with van der Waals surface area (Å²) >= 11 is 5.94. The molecule has 1 rings (SSSR count). The summed E-state index contributed by atoms with van der Waals surface area (Å²) in [6.07, 6.45) is 0. The molecule has 0 aliphatic heterocycles. The lowest BCUT2D eigenvalue weighted by Gasteiger charge is -2.08. The molecule has 0 saturated heterocycles. The topological polar surface area (TPSA) is 18.5 Å². The van der Waals surface area contributed by atoms with E-state index in [9.17, 15) is 0 Å². The van der Waals surface area contributed by atoms with Gasteiger partial charge in [0.1, 0.15) is 12.4 Å². The maximum absolute atomic E-state index is 5.94. The molecular formula is C11H15ClO2. The Balaban J connectivity index is 2.45. The summed E-state index contributed by atoms with van der Waals surface area (Å²) in [5.41, 5.74) is 1.14. The van der Waals surface area contributed by atoms with Crippen LogP contribution in [0.2, 0.25) is 5.02 Å². The number of rotatable bonds is 5. The molecule has 0 spiro atoms. The Hall–Kier alpha value is -0.730. The van der Waals surface area contributed by atoms with E-state index >= 15 is 0 Å². The van der Waals surface area contributed by atoms with Crippen molar-refractivity contribution in [3.8, 4) is 5.75 Å². The van der Waals surface area contributed by atoms with Gasteiger partial charge in [-0.15, -0.1) is 0 Å². The van der Waals surface area contributed by atoms with Gasteiger partial charge in [-0.3, -0.25) is 0 Å². The SMILES string of the molecule is CCOCCOc1cc(C)ccc1Cl. The third-order valence-corrected chi connectivity index (χ3v) is 2.09. The van der Waals surface area contributed by atoms with E-state index in [1.54, 1.807) is 0 Å². The van der Waals surface area contributed by atoms with Gasteiger partial charge in [0.2, 0.25) is 0 Å². The van der Waals surface area contributed by atoms with Gasteiger partial charge in [0.15, 0.2) is 0 Å². The summed E-state index contributed by atoms with van der Waals surface area (Å²) in [6, 6.07) is 5.72. The maximum atomic E-state index is 5.94. The van der Waals surface area contributed by atoms with Crippen molar-refractivity contribution in [3.05, 3.63) is 28.8 Å². The molecule has 1 aromatic rings. The summed E-state index contributed by atoms with van der Waals surface area (Å²) in [6.45, 7) is 5.81. The van der Waals surface area contributed by atoms with Crippen LogP contribution in [0.3, 0.4) is 0 Å². The lowest BCUT2D eigenvalue weighted by atomic mass is 10.2. The molecule has 2 nitrogen and oxygen atoms in total. The van der Waals surface area contributed by atoms with E-state index in [0.717, 1.165) is 11.3 Å². The van der Waals surface area contributed by atoms with E-state index in [-0.39, 0.29) is 0 Å². The average molecular weight is 215 g/mol. The summed E-state index contributed by atoms with van der Waals surface area (Å²) in [5.74, 6) is 0.728. The van der Waals surface area contributed by atoms with Gasteiger partial charge in [-0.25, -0.2) is 0 Å². The zero-order chi connectivity index (χ0) is 10.4. The van der Waals surface area contributed by atoms with Crippen LogP contribution in [0.15, 0.2) is 18.2 Å². The number of benzene rings is 1. The molecular weight excluding hydrogens is 200 g/mol. The van der Waals surface area contributed by atoms with E-state index in [2.05, 4.69) is 0 Å². The molecule has 78 valence electrons. The van der Waals surface area contributed by atoms with Gasteiger partial charge in [-0.05, 0) is 31.5 Å². The van der Waals surface area contributed by atoms with E-state index in [0.29, 0.717) is 24.8 Å². The third kappa shape index (κ3) is 3.56. The number of hydrogen-bond donors (Lipinski definition) is 0. The second kappa shape index (κ2) is 5.89. The molecule has 0 bridgehead atoms. The van der Waals surface area contributed by atoms with Crippen molar-refractivity contribution in [2.24, 2.45) is 0 Å². The van der Waals surface area contributed by atoms with Crippen molar-refractivity contribution in [2.75, 3.05) is 19.8 Å². The monoisotopic (exact) mass is 214 g/mol. The highest BCUT2D eigenvalue weighted by Crippen LogP contribution is 2.24. The smallest absolute Gasteiger partial charge is 0.138 e. The van der Waals surface area contributed by atoms with Gasteiger partial charge < -0.3 is 9.47 Å². The van der Waals surface area contributed by atoms with Crippen molar-refractivity contribution in [3.63, 3.8) is 0 Å². The fraction of sp³-hybridized carbons (Fsp3) is 0.455. The first-order chi connectivity index (χ1) is 6.74. The molecule has 0 heterocycles. The van der Waals surface area contributed by atoms with Gasteiger partial charge in [0.25, 0.3) is 0 Å². The minimum atomic E-state index is 0.539. The number of hydrogen-bond acceptors (Lipinski definition) is 2. The lowest BCUT2D eigenvalue weighted by Crippen LogP contribution is -2.06. The van der Waals surface area contributed by atoms with Crippen molar-refractivity contribution in [2.45, 2.75) is 13.8 Å². The Labute approximate surface area is 89.8 Å². The molecule has 0 radical (unpaired) electrons. The zero-order valence-corrected chi connectivity index (χ0v) is 9.30. The van der Waals surface area contributed by atoms with Crippen LogP contribution in [0.1, 0.15) is 12.5 Å². The van der Waals surface area contributed by atoms with E-state index in [1.807, 2.05) is 32.0 Å². The Kier molecular flexibility index (Phi) is 4.77. The lowest BCUT2D eigenvalue weighted by molar-refractivity contribution is 0.110. The molecule has 0 aliphatic rings. The predicted octanol–water partition coefficient (Wildman–Crippen LogP) is 3.06. The standard InChI is InChI=1S/C11H15ClO2/c1-3-13-6-7-14-11-8-9(2)4-5-10(11)12/h4-5,8H,3,6-7H2,1-2H3. The summed E-state index contributed by atoms with van der Waals surface area (Å²) in [5, 5.41) is 0.645. The molecule has 0 aromatic heterocycles. The molecule has 14 heavy (non-hydrogen) atoms. The van der Waals surface area contributed by atoms with Gasteiger partial charge >= 0.3 is 0 Å². The number of ether oxygens (including phenoxy) is 2. The number of aryl methyl sites for hydroxylation is 1. The second-order valence-corrected chi connectivity index (χ2v) is 3.39. The first kappa shape index (κ1) is 11.3. The Morgan fingerprint density at radius 2 is 2.07 bits per heavy atom. The maximum Gasteiger partial charge on any atom is 0.138 e. The minimum absolute atomic E-state index is 0.539. The molecule has 0 unspecified atom stereocenters. The van der Waals surface area contributed by atoms with Gasteiger partial charge in [0, 0.05) is 6.61 Å². The van der Waals surface area contributed by atoms with Crippen LogP contribution < -0.4 is 4.74 Å². The molecule has 0 fully saturated rings. The fourth-order valence-corrected chi connectivity index (χ4v) is 1.25. The molecule has 0 N–H and O–H groups in total. The van der Waals surface area contributed by atoms with Gasteiger partial charge in [-0.1, -0.05) is 17.7 Å². The summed E-state index contributed by atoms with van der Waals surface area (Å²) < 4.78 is 10.6. The minimum Gasteiger partial charge on any atom is -0.490 e. The van der Waals surface area contributed by atoms with Crippen LogP contribution in [0.4, 0.5) is 0 Å². The van der Waals surface area contributed by atoms with E-state index < -0.39 is 0 Å². The summed E-state index contributed by atoms with van der Waals surface area (Å²) in [7, 11) is 0. The normalized spacial score (nSPS) is 10.2. The number of halogens is 1. The van der Waals surface area contributed by atoms with Crippen LogP contribution in [0.25, 0.3) is 0 Å². The second-order valence-electron chi connectivity index (χ2n) is 2.98. The highest BCUT2D eigenvalue weighted by atomic mass is 35.5. The van der Waals surface area contributed by atoms with Crippen LogP contribution >= 0.6 is 11.6 Å². The van der Waals surface area contributed by atoms with Gasteiger partial charge in [0.05, 0.1) is 11.6 Å². The first-order valence-electron chi connectivity index (χ1n) is 4.70. The zero-order valence-electron chi connectivity index (χ0n) is 8.55. The molecule has 0 amide bonds. The fourth-order valence-electron chi connectivity index (χ4n) is 1.08. The predicted molar refractivity (Wildman–Crippen MR) is 58.2 cm³/mol. The van der Waals surface area contributed by atoms with Crippen molar-refractivity contribution in [1.29, 1.82) is 0 Å². The summed E-state index contributed by atoms with van der Waals surface area (Å²) in [4.78, 5) is 0. The Morgan fingerprint density at radius 1 is 1.29 bits per heavy atom. The molecule has 1 aromatic carbocycles. The van der Waals surface area contributed by atoms with Gasteiger partial charge in [-0.2, -0.15) is 0 Å². The third-order valence-electron chi connectivity index (χ3n) is 1.78. The van der Waals surface area contributed by atoms with Crippen molar-refractivity contribution in [1.82, 2.24) is 0 Å². The molecule has 3 heteroatoms. The van der Waals surface area contributed by atoms with E-state index in [4.69, 9.17) is 21.1 Å². The Morgan fingerprint density at radius 3 is 2.79 bits per heavy atom. The molecule has 0 atom stereocenters. The van der Waals surface area contributed by atoms with Crippen LogP contribution in [-0.2, 0) is 4.74 Å². The molecule has 0 aliphatic carbocycles. The van der Waals surface area contributed by atoms with Crippen LogP contribution in [0.5, 0.6) is 5.75 Å². The average Bonchev–Trinajstić information content (AvgIpc) is 2.18. The molecule has 0 saturated carbocycles.